The van der Waals surface area contributed by atoms with Gasteiger partial charge in [-0.3, -0.25) is 10.1 Å². The Morgan fingerprint density at radius 1 is 1.11 bits per heavy atom. The number of fused-ring (bicyclic) bond motifs is 1. The number of nitro groups is 1. The van der Waals surface area contributed by atoms with E-state index in [0.717, 1.165) is 5.56 Å². The molecule has 2 N–H and O–H groups in total. The van der Waals surface area contributed by atoms with Crippen LogP contribution in [-0.4, -0.2) is 19.5 Å². The van der Waals surface area contributed by atoms with Crippen molar-refractivity contribution >= 4 is 28.5 Å². The van der Waals surface area contributed by atoms with Gasteiger partial charge < -0.3 is 5.73 Å². The molecule has 0 fully saturated rings. The molecule has 0 aliphatic rings. The van der Waals surface area contributed by atoms with Gasteiger partial charge in [-0.1, -0.05) is 29.8 Å². The molecule has 4 aromatic rings. The van der Waals surface area contributed by atoms with E-state index in [1.807, 2.05) is 31.2 Å². The van der Waals surface area contributed by atoms with Crippen LogP contribution in [0.1, 0.15) is 5.56 Å². The second-order valence-corrected chi connectivity index (χ2v) is 6.14. The van der Waals surface area contributed by atoms with Crippen molar-refractivity contribution in [3.05, 3.63) is 76.5 Å². The van der Waals surface area contributed by atoms with Crippen LogP contribution in [0.2, 0.25) is 0 Å². The summed E-state index contributed by atoms with van der Waals surface area (Å²) in [7, 11) is 0. The van der Waals surface area contributed by atoms with E-state index in [1.165, 1.54) is 16.6 Å². The molecule has 138 valence electrons. The fourth-order valence-corrected chi connectivity index (χ4v) is 2.76. The quantitative estimate of drug-likeness (QED) is 0.318. The molecule has 9 nitrogen and oxygen atoms in total. The number of benzene rings is 2. The van der Waals surface area contributed by atoms with Crippen LogP contribution >= 0.6 is 0 Å². The molecule has 28 heavy (non-hydrogen) atoms. The molecule has 4 rings (SSSR count). The first-order chi connectivity index (χ1) is 13.5. The van der Waals surface area contributed by atoms with Gasteiger partial charge in [-0.2, -0.15) is 5.11 Å². The number of nitrogen functional groups attached to an aromatic ring is 1. The maximum absolute atomic E-state index is 11.1. The zero-order chi connectivity index (χ0) is 19.7. The second kappa shape index (κ2) is 6.88. The van der Waals surface area contributed by atoms with Gasteiger partial charge >= 0.3 is 0 Å². The molecule has 0 saturated heterocycles. The lowest BCUT2D eigenvalue weighted by Crippen LogP contribution is -1.97. The van der Waals surface area contributed by atoms with E-state index in [1.54, 1.807) is 24.4 Å². The zero-order valence-electron chi connectivity index (χ0n) is 14.9. The van der Waals surface area contributed by atoms with Crippen LogP contribution in [0.3, 0.4) is 0 Å². The number of hydrogen-bond donors (Lipinski definition) is 1. The van der Waals surface area contributed by atoms with Crippen molar-refractivity contribution in [2.24, 2.45) is 10.2 Å². The standard InChI is InChI=1S/C19H15N7O2/c1-12-5-7-14(8-6-12)22-23-17-18(20)24-25-16(9-10-21-19(17)25)13-3-2-4-15(11-13)26(27)28/h2-11H,1H3,(H2,20,24). The van der Waals surface area contributed by atoms with Gasteiger partial charge in [-0.15, -0.1) is 10.2 Å². The monoisotopic (exact) mass is 373 g/mol. The maximum atomic E-state index is 11.1. The molecule has 0 saturated carbocycles. The summed E-state index contributed by atoms with van der Waals surface area (Å²) in [6, 6.07) is 15.6. The van der Waals surface area contributed by atoms with Gasteiger partial charge in [0, 0.05) is 23.9 Å². The first kappa shape index (κ1) is 17.3. The molecule has 9 heteroatoms. The van der Waals surface area contributed by atoms with E-state index in [9.17, 15) is 10.1 Å². The molecule has 2 aromatic heterocycles. The number of hydrogen-bond acceptors (Lipinski definition) is 7. The van der Waals surface area contributed by atoms with Crippen LogP contribution in [0.15, 0.2) is 71.0 Å². The van der Waals surface area contributed by atoms with E-state index < -0.39 is 4.92 Å². The van der Waals surface area contributed by atoms with E-state index in [0.29, 0.717) is 28.3 Å². The summed E-state index contributed by atoms with van der Waals surface area (Å²) < 4.78 is 1.51. The SMILES string of the molecule is Cc1ccc(N=Nc2c(N)nn3c(-c4cccc([N+](=O)[O-])c4)ccnc23)cc1. The normalized spacial score (nSPS) is 11.3. The lowest BCUT2D eigenvalue weighted by atomic mass is 10.1. The van der Waals surface area contributed by atoms with Crippen molar-refractivity contribution < 1.29 is 4.92 Å². The summed E-state index contributed by atoms with van der Waals surface area (Å²) in [6.07, 6.45) is 1.58. The fourth-order valence-electron chi connectivity index (χ4n) is 2.76. The highest BCUT2D eigenvalue weighted by Crippen LogP contribution is 2.32. The summed E-state index contributed by atoms with van der Waals surface area (Å²) in [5.41, 5.74) is 9.80. The third-order valence-electron chi connectivity index (χ3n) is 4.17. The topological polar surface area (TPSA) is 124 Å². The average Bonchev–Trinajstić information content (AvgIpc) is 3.02. The number of rotatable bonds is 4. The molecule has 0 spiro atoms. The third kappa shape index (κ3) is 3.16. The van der Waals surface area contributed by atoms with E-state index in [-0.39, 0.29) is 11.5 Å². The largest absolute Gasteiger partial charge is 0.380 e. The summed E-state index contributed by atoms with van der Waals surface area (Å²) in [5.74, 6) is 0.168. The van der Waals surface area contributed by atoms with Crippen LogP contribution in [0.4, 0.5) is 22.9 Å². The third-order valence-corrected chi connectivity index (χ3v) is 4.17. The highest BCUT2D eigenvalue weighted by atomic mass is 16.6. The Morgan fingerprint density at radius 3 is 2.64 bits per heavy atom. The van der Waals surface area contributed by atoms with E-state index in [2.05, 4.69) is 20.3 Å². The van der Waals surface area contributed by atoms with Crippen LogP contribution in [-0.2, 0) is 0 Å². The van der Waals surface area contributed by atoms with Crippen molar-refractivity contribution in [1.82, 2.24) is 14.6 Å². The maximum Gasteiger partial charge on any atom is 0.270 e. The van der Waals surface area contributed by atoms with Crippen molar-refractivity contribution in [3.63, 3.8) is 0 Å². The lowest BCUT2D eigenvalue weighted by Gasteiger charge is -2.04. The van der Waals surface area contributed by atoms with Crippen LogP contribution in [0.5, 0.6) is 0 Å². The van der Waals surface area contributed by atoms with Crippen LogP contribution in [0.25, 0.3) is 16.9 Å². The smallest absolute Gasteiger partial charge is 0.270 e. The molecule has 0 aliphatic heterocycles. The van der Waals surface area contributed by atoms with Gasteiger partial charge in [0.05, 0.1) is 16.3 Å². The first-order valence-electron chi connectivity index (χ1n) is 8.39. The minimum Gasteiger partial charge on any atom is -0.380 e. The molecule has 2 heterocycles. The molecule has 0 radical (unpaired) electrons. The van der Waals surface area contributed by atoms with Gasteiger partial charge in [0.2, 0.25) is 0 Å². The Balaban J connectivity index is 1.80. The zero-order valence-corrected chi connectivity index (χ0v) is 14.9. The molecule has 0 unspecified atom stereocenters. The lowest BCUT2D eigenvalue weighted by molar-refractivity contribution is -0.384. The van der Waals surface area contributed by atoms with Gasteiger partial charge in [0.1, 0.15) is 0 Å². The van der Waals surface area contributed by atoms with Crippen molar-refractivity contribution in [2.75, 3.05) is 5.73 Å². The molecule has 0 aliphatic carbocycles. The summed E-state index contributed by atoms with van der Waals surface area (Å²) in [5, 5.41) is 23.8. The van der Waals surface area contributed by atoms with Crippen molar-refractivity contribution in [3.8, 4) is 11.3 Å². The molecular weight excluding hydrogens is 358 g/mol. The van der Waals surface area contributed by atoms with Crippen LogP contribution < -0.4 is 5.73 Å². The average molecular weight is 373 g/mol. The number of nitrogens with zero attached hydrogens (tertiary/aromatic N) is 6. The van der Waals surface area contributed by atoms with Crippen LogP contribution in [0, 0.1) is 17.0 Å². The highest BCUT2D eigenvalue weighted by molar-refractivity contribution is 5.78. The number of anilines is 1. The summed E-state index contributed by atoms with van der Waals surface area (Å²) in [4.78, 5) is 14.9. The number of nitrogens with two attached hydrogens (primary N) is 1. The Bertz CT molecular complexity index is 1210. The fraction of sp³-hybridized carbons (Fsp3) is 0.0526. The minimum absolute atomic E-state index is 0.0122. The Labute approximate surface area is 159 Å². The van der Waals surface area contributed by atoms with Gasteiger partial charge in [-0.25, -0.2) is 9.50 Å². The van der Waals surface area contributed by atoms with Gasteiger partial charge in [-0.05, 0) is 25.1 Å². The Morgan fingerprint density at radius 2 is 1.89 bits per heavy atom. The van der Waals surface area contributed by atoms with E-state index >= 15 is 0 Å². The summed E-state index contributed by atoms with van der Waals surface area (Å²) >= 11 is 0. The second-order valence-electron chi connectivity index (χ2n) is 6.14. The minimum atomic E-state index is -0.444. The molecule has 0 atom stereocenters. The number of nitro benzene ring substituents is 1. The number of aromatic nitrogens is 3. The highest BCUT2D eigenvalue weighted by Gasteiger charge is 2.16. The van der Waals surface area contributed by atoms with Gasteiger partial charge in [0.15, 0.2) is 17.2 Å². The predicted octanol–water partition coefficient (Wildman–Crippen LogP) is 4.61. The Hall–Kier alpha value is -4.14. The van der Waals surface area contributed by atoms with Crippen molar-refractivity contribution in [1.29, 1.82) is 0 Å². The number of aryl methyl sites for hydroxylation is 1. The molecule has 0 amide bonds. The molecular formula is C19H15N7O2. The summed E-state index contributed by atoms with van der Waals surface area (Å²) in [6.45, 7) is 1.99. The molecule has 0 bridgehead atoms. The Kier molecular flexibility index (Phi) is 4.24. The number of non-ortho nitro benzene ring substituents is 1. The first-order valence-corrected chi connectivity index (χ1v) is 8.39. The van der Waals surface area contributed by atoms with Crippen molar-refractivity contribution in [2.45, 2.75) is 6.92 Å². The van der Waals surface area contributed by atoms with E-state index in [4.69, 9.17) is 5.73 Å². The predicted molar refractivity (Wildman–Crippen MR) is 105 cm³/mol. The molecule has 2 aromatic carbocycles. The van der Waals surface area contributed by atoms with Gasteiger partial charge in [0.25, 0.3) is 5.69 Å². The number of azo groups is 1.